The Hall–Kier alpha value is -1.62. The summed E-state index contributed by atoms with van der Waals surface area (Å²) in [4.78, 5) is 11.2. The fourth-order valence-electron chi connectivity index (χ4n) is 1.23. The molecule has 88 valence electrons. The fourth-order valence-corrected chi connectivity index (χ4v) is 1.23. The molecule has 0 spiro atoms. The monoisotopic (exact) mass is 224 g/mol. The van der Waals surface area contributed by atoms with Gasteiger partial charge in [-0.25, -0.2) is 4.79 Å². The van der Waals surface area contributed by atoms with Gasteiger partial charge in [0, 0.05) is 18.2 Å². The predicted octanol–water partition coefficient (Wildman–Crippen LogP) is 1.27. The number of nitrogens with zero attached hydrogens (tertiary/aromatic N) is 1. The molecule has 0 radical (unpaired) electrons. The third-order valence-corrected chi connectivity index (χ3v) is 2.11. The van der Waals surface area contributed by atoms with Crippen LogP contribution in [0.3, 0.4) is 0 Å². The summed E-state index contributed by atoms with van der Waals surface area (Å²) in [6.07, 6.45) is 4.08. The molecular formula is C11H16N2O3. The second-order valence-corrected chi connectivity index (χ2v) is 3.18. The Kier molecular flexibility index (Phi) is 5.28. The smallest absolute Gasteiger partial charge is 0.333 e. The van der Waals surface area contributed by atoms with Gasteiger partial charge in [-0.15, -0.1) is 0 Å². The molecular weight excluding hydrogens is 208 g/mol. The summed E-state index contributed by atoms with van der Waals surface area (Å²) in [5.41, 5.74) is 0.674. The Bertz CT molecular complexity index is 344. The van der Waals surface area contributed by atoms with Crippen LogP contribution in [0.2, 0.25) is 0 Å². The lowest BCUT2D eigenvalue weighted by Crippen LogP contribution is -2.14. The molecule has 0 fully saturated rings. The molecule has 1 heterocycles. The van der Waals surface area contributed by atoms with E-state index in [9.17, 15) is 4.79 Å². The van der Waals surface area contributed by atoms with Gasteiger partial charge in [-0.2, -0.15) is 0 Å². The average molecular weight is 224 g/mol. The SMILES string of the molecule is CCC(=CCNCc1ccno1)C(=O)OC. The van der Waals surface area contributed by atoms with E-state index in [-0.39, 0.29) is 5.97 Å². The molecule has 1 aromatic heterocycles. The number of esters is 1. The van der Waals surface area contributed by atoms with E-state index in [4.69, 9.17) is 4.52 Å². The van der Waals surface area contributed by atoms with Crippen LogP contribution >= 0.6 is 0 Å². The summed E-state index contributed by atoms with van der Waals surface area (Å²) in [5.74, 6) is 0.494. The second kappa shape index (κ2) is 6.79. The molecule has 0 saturated heterocycles. The van der Waals surface area contributed by atoms with Gasteiger partial charge in [-0.1, -0.05) is 18.2 Å². The normalized spacial score (nSPS) is 11.5. The zero-order valence-electron chi connectivity index (χ0n) is 9.53. The Labute approximate surface area is 94.5 Å². The maximum Gasteiger partial charge on any atom is 0.333 e. The van der Waals surface area contributed by atoms with E-state index in [1.54, 1.807) is 12.3 Å². The van der Waals surface area contributed by atoms with Gasteiger partial charge in [0.1, 0.15) is 5.76 Å². The van der Waals surface area contributed by atoms with Crippen LogP contribution in [-0.4, -0.2) is 24.8 Å². The van der Waals surface area contributed by atoms with E-state index < -0.39 is 0 Å². The van der Waals surface area contributed by atoms with Crippen LogP contribution in [0.5, 0.6) is 0 Å². The molecule has 0 bridgehead atoms. The molecule has 1 rings (SSSR count). The lowest BCUT2D eigenvalue weighted by Gasteiger charge is -2.02. The predicted molar refractivity (Wildman–Crippen MR) is 58.6 cm³/mol. The first kappa shape index (κ1) is 12.4. The highest BCUT2D eigenvalue weighted by Crippen LogP contribution is 2.02. The summed E-state index contributed by atoms with van der Waals surface area (Å²) in [6.45, 7) is 3.10. The maximum atomic E-state index is 11.2. The van der Waals surface area contributed by atoms with Crippen LogP contribution < -0.4 is 5.32 Å². The van der Waals surface area contributed by atoms with Gasteiger partial charge < -0.3 is 14.6 Å². The van der Waals surface area contributed by atoms with Gasteiger partial charge in [-0.3, -0.25) is 0 Å². The minimum atomic E-state index is -0.274. The van der Waals surface area contributed by atoms with E-state index in [0.29, 0.717) is 25.1 Å². The van der Waals surface area contributed by atoms with E-state index in [1.807, 2.05) is 13.0 Å². The molecule has 5 heteroatoms. The van der Waals surface area contributed by atoms with Crippen molar-refractivity contribution in [2.24, 2.45) is 0 Å². The molecule has 0 aliphatic carbocycles. The molecule has 1 N–H and O–H groups in total. The lowest BCUT2D eigenvalue weighted by atomic mass is 10.2. The van der Waals surface area contributed by atoms with E-state index in [0.717, 1.165) is 5.76 Å². The van der Waals surface area contributed by atoms with Crippen molar-refractivity contribution in [1.29, 1.82) is 0 Å². The van der Waals surface area contributed by atoms with Crippen LogP contribution in [0.15, 0.2) is 28.4 Å². The van der Waals surface area contributed by atoms with Crippen molar-refractivity contribution in [2.75, 3.05) is 13.7 Å². The number of nitrogens with one attached hydrogen (secondary N) is 1. The van der Waals surface area contributed by atoms with Crippen molar-refractivity contribution in [2.45, 2.75) is 19.9 Å². The van der Waals surface area contributed by atoms with E-state index >= 15 is 0 Å². The van der Waals surface area contributed by atoms with Crippen LogP contribution in [-0.2, 0) is 16.1 Å². The third-order valence-electron chi connectivity index (χ3n) is 2.11. The average Bonchev–Trinajstić information content (AvgIpc) is 2.81. The highest BCUT2D eigenvalue weighted by atomic mass is 16.5. The first-order valence-electron chi connectivity index (χ1n) is 5.15. The Morgan fingerprint density at radius 1 is 1.69 bits per heavy atom. The Morgan fingerprint density at radius 3 is 3.06 bits per heavy atom. The maximum absolute atomic E-state index is 11.2. The highest BCUT2D eigenvalue weighted by Gasteiger charge is 2.05. The first-order chi connectivity index (χ1) is 7.77. The quantitative estimate of drug-likeness (QED) is 0.448. The van der Waals surface area contributed by atoms with Gasteiger partial charge in [0.25, 0.3) is 0 Å². The van der Waals surface area contributed by atoms with Crippen molar-refractivity contribution >= 4 is 5.97 Å². The standard InChI is InChI=1S/C11H16N2O3/c1-3-9(11(14)15-2)4-6-12-8-10-5-7-13-16-10/h4-5,7,12H,3,6,8H2,1-2H3. The summed E-state index contributed by atoms with van der Waals surface area (Å²) in [7, 11) is 1.38. The summed E-state index contributed by atoms with van der Waals surface area (Å²) >= 11 is 0. The van der Waals surface area contributed by atoms with Gasteiger partial charge >= 0.3 is 5.97 Å². The highest BCUT2D eigenvalue weighted by molar-refractivity contribution is 5.88. The van der Waals surface area contributed by atoms with Crippen molar-refractivity contribution < 1.29 is 14.1 Å². The van der Waals surface area contributed by atoms with Crippen molar-refractivity contribution in [3.63, 3.8) is 0 Å². The van der Waals surface area contributed by atoms with Gasteiger partial charge in [-0.05, 0) is 6.42 Å². The summed E-state index contributed by atoms with van der Waals surface area (Å²) in [6, 6.07) is 1.79. The second-order valence-electron chi connectivity index (χ2n) is 3.18. The molecule has 0 amide bonds. The number of carbonyl (C=O) groups is 1. The molecule has 0 unspecified atom stereocenters. The summed E-state index contributed by atoms with van der Waals surface area (Å²) < 4.78 is 9.55. The fraction of sp³-hybridized carbons (Fsp3) is 0.455. The lowest BCUT2D eigenvalue weighted by molar-refractivity contribution is -0.136. The van der Waals surface area contributed by atoms with Crippen molar-refractivity contribution in [3.8, 4) is 0 Å². The van der Waals surface area contributed by atoms with Crippen molar-refractivity contribution in [1.82, 2.24) is 10.5 Å². The molecule has 1 aromatic rings. The number of ether oxygens (including phenoxy) is 1. The van der Waals surface area contributed by atoms with Gasteiger partial charge in [0.05, 0.1) is 19.9 Å². The first-order valence-corrected chi connectivity index (χ1v) is 5.15. The van der Waals surface area contributed by atoms with Crippen LogP contribution in [0, 0.1) is 0 Å². The van der Waals surface area contributed by atoms with Crippen LogP contribution in [0.25, 0.3) is 0 Å². The molecule has 0 aromatic carbocycles. The number of methoxy groups -OCH3 is 1. The zero-order chi connectivity index (χ0) is 11.8. The number of rotatable bonds is 6. The molecule has 16 heavy (non-hydrogen) atoms. The molecule has 0 atom stereocenters. The van der Waals surface area contributed by atoms with E-state index in [2.05, 4.69) is 15.2 Å². The minimum absolute atomic E-state index is 0.274. The number of hydrogen-bond acceptors (Lipinski definition) is 5. The minimum Gasteiger partial charge on any atom is -0.466 e. The van der Waals surface area contributed by atoms with Crippen LogP contribution in [0.4, 0.5) is 0 Å². The van der Waals surface area contributed by atoms with Crippen LogP contribution in [0.1, 0.15) is 19.1 Å². The molecule has 0 aliphatic rings. The van der Waals surface area contributed by atoms with Crippen molar-refractivity contribution in [3.05, 3.63) is 29.7 Å². The molecule has 0 saturated carbocycles. The van der Waals surface area contributed by atoms with Gasteiger partial charge in [0.2, 0.25) is 0 Å². The van der Waals surface area contributed by atoms with Gasteiger partial charge in [0.15, 0.2) is 0 Å². The number of hydrogen-bond donors (Lipinski definition) is 1. The third kappa shape index (κ3) is 3.86. The Balaban J connectivity index is 2.32. The number of carbonyl (C=O) groups excluding carboxylic acids is 1. The molecule has 0 aliphatic heterocycles. The largest absolute Gasteiger partial charge is 0.466 e. The van der Waals surface area contributed by atoms with E-state index in [1.165, 1.54) is 7.11 Å². The Morgan fingerprint density at radius 2 is 2.50 bits per heavy atom. The number of aromatic nitrogens is 1. The topological polar surface area (TPSA) is 64.4 Å². The zero-order valence-corrected chi connectivity index (χ0v) is 9.53. The molecule has 5 nitrogen and oxygen atoms in total. The summed E-state index contributed by atoms with van der Waals surface area (Å²) in [5, 5.41) is 6.70.